The molecule has 4 aliphatic carbocycles. The van der Waals surface area contributed by atoms with Crippen molar-refractivity contribution in [1.29, 1.82) is 0 Å². The number of ketones is 4. The van der Waals surface area contributed by atoms with Crippen LogP contribution in [0.4, 0.5) is 0 Å². The molecule has 0 radical (unpaired) electrons. The molecule has 4 saturated carbocycles. The number of hydrogen-bond acceptors (Lipinski definition) is 28. The van der Waals surface area contributed by atoms with Gasteiger partial charge in [-0.1, -0.05) is 55.4 Å². The van der Waals surface area contributed by atoms with Gasteiger partial charge in [-0.05, 0) is 145 Å². The number of hydrogen-bond donors (Lipinski definition) is 2. The third-order valence-electron chi connectivity index (χ3n) is 24.3. The molecule has 8 amide bonds. The van der Waals surface area contributed by atoms with Crippen LogP contribution in [0.25, 0.3) is 0 Å². The molecule has 0 aromatic carbocycles. The van der Waals surface area contributed by atoms with Gasteiger partial charge >= 0.3 is 35.8 Å². The highest BCUT2D eigenvalue weighted by atomic mass is 16.6. The van der Waals surface area contributed by atoms with Crippen molar-refractivity contribution in [2.75, 3.05) is 80.5 Å². The Kier molecular flexibility index (Phi) is 42.9. The van der Waals surface area contributed by atoms with Gasteiger partial charge in [-0.3, -0.25) is 106 Å². The molecule has 2 N–H and O–H groups in total. The summed E-state index contributed by atoms with van der Waals surface area (Å²) in [5.41, 5.74) is 0. The summed E-state index contributed by atoms with van der Waals surface area (Å²) in [4.78, 5) is 223. The Labute approximate surface area is 700 Å². The van der Waals surface area contributed by atoms with Gasteiger partial charge in [0.15, 0.2) is 0 Å². The fourth-order valence-corrected chi connectivity index (χ4v) is 18.4. The van der Waals surface area contributed by atoms with Crippen molar-refractivity contribution in [2.24, 2.45) is 94.7 Å². The minimum atomic E-state index is -0.820. The number of imide groups is 4. The Morgan fingerprint density at radius 2 is 0.521 bits per heavy atom. The molecule has 4 aliphatic heterocycles. The summed E-state index contributed by atoms with van der Waals surface area (Å²) < 4.78 is 40.5. The minimum Gasteiger partial charge on any atom is -0.469 e. The summed E-state index contributed by atoms with van der Waals surface area (Å²) in [5, 5.41) is 21.1. The number of carbonyl (C=O) groups excluding carboxylic acids is 18. The second-order valence-electron chi connectivity index (χ2n) is 34.3. The van der Waals surface area contributed by atoms with Crippen LogP contribution in [0.1, 0.15) is 243 Å². The van der Waals surface area contributed by atoms with Crippen LogP contribution in [0.15, 0.2) is 0 Å². The lowest BCUT2D eigenvalue weighted by molar-refractivity contribution is -0.155. The predicted octanol–water partition coefficient (Wildman–Crippen LogP) is 7.61. The lowest BCUT2D eigenvalue weighted by atomic mass is 9.71. The summed E-state index contributed by atoms with van der Waals surface area (Å²) in [6, 6.07) is 0. The summed E-state index contributed by atoms with van der Waals surface area (Å²) >= 11 is 0. The van der Waals surface area contributed by atoms with Crippen molar-refractivity contribution < 1.29 is 134 Å². The number of rotatable bonds is 35. The number of esters is 6. The number of methoxy groups -OCH3 is 3. The summed E-state index contributed by atoms with van der Waals surface area (Å²) in [6.45, 7) is 22.2. The molecular formula is C87H134N4O28. The Morgan fingerprint density at radius 3 is 0.773 bits per heavy atom. The van der Waals surface area contributed by atoms with Crippen LogP contribution >= 0.6 is 0 Å². The van der Waals surface area contributed by atoms with Crippen molar-refractivity contribution in [3.8, 4) is 0 Å². The molecule has 8 rings (SSSR count). The van der Waals surface area contributed by atoms with Crippen LogP contribution in [0.2, 0.25) is 0 Å². The third-order valence-corrected chi connectivity index (χ3v) is 24.3. The first-order chi connectivity index (χ1) is 56.3. The number of aliphatic hydroxyl groups excluding tert-OH is 2. The number of nitrogens with zero attached hydrogens (tertiary/aromatic N) is 4. The van der Waals surface area contributed by atoms with E-state index in [1.165, 1.54) is 21.3 Å². The van der Waals surface area contributed by atoms with E-state index in [0.717, 1.165) is 45.3 Å². The van der Waals surface area contributed by atoms with Crippen LogP contribution in [0, 0.1) is 94.7 Å². The number of aliphatic hydroxyl groups is 2. The Morgan fingerprint density at radius 1 is 0.311 bits per heavy atom. The zero-order valence-corrected chi connectivity index (χ0v) is 72.6. The van der Waals surface area contributed by atoms with Gasteiger partial charge < -0.3 is 48.1 Å². The number of amides is 8. The fraction of sp³-hybridized carbons (Fsp3) is 0.793. The molecule has 119 heavy (non-hydrogen) atoms. The first-order valence-electron chi connectivity index (χ1n) is 43.0. The maximum absolute atomic E-state index is 13.0. The zero-order chi connectivity index (χ0) is 88.7. The van der Waals surface area contributed by atoms with Gasteiger partial charge in [-0.25, -0.2) is 0 Å². The SMILES string of the molecule is CCOC(=O)CCN1C(=O)CC(C[C@@H](O)C2C[C@@H](C)CC(C)C2=O)CC1=O.CCOC(=O)CCO[C@H](CC1CC(=O)N(CCC(=O)OCC)C(=O)C1)C1C[C@@H](C)CC(C)C1=O.COC(=O)CCN1C(=O)CC(C[C@@H](O)C2C[C@@H](C)CC(C)C2=O)CC1=O.COC(=O)CCO[C@H](CC1CC(=O)N(CCC(=O)OC)C(=O)C1)C1C[C@@H](C)CC(C)C1=O. The highest BCUT2D eigenvalue weighted by Gasteiger charge is 2.46. The highest BCUT2D eigenvalue weighted by molar-refractivity contribution is 6.01. The largest absolute Gasteiger partial charge is 0.469 e. The van der Waals surface area contributed by atoms with Gasteiger partial charge in [0.05, 0.1) is 117 Å². The molecule has 32 heteroatoms. The van der Waals surface area contributed by atoms with E-state index < -0.39 is 66.1 Å². The molecule has 16 atom stereocenters. The van der Waals surface area contributed by atoms with Crippen molar-refractivity contribution in [3.63, 3.8) is 0 Å². The summed E-state index contributed by atoms with van der Waals surface area (Å²) in [6.07, 6.45) is 6.06. The molecular weight excluding hydrogens is 1550 g/mol. The first-order valence-corrected chi connectivity index (χ1v) is 43.0. The van der Waals surface area contributed by atoms with Crippen LogP contribution in [-0.2, 0) is 124 Å². The van der Waals surface area contributed by atoms with E-state index in [4.69, 9.17) is 23.7 Å². The molecule has 0 aromatic heterocycles. The van der Waals surface area contributed by atoms with Crippen molar-refractivity contribution in [2.45, 2.75) is 268 Å². The quantitative estimate of drug-likeness (QED) is 0.0350. The standard InChI is InChI=1S/C25H39NO8.C23H35NO8.C20H31NO6.C19H29NO6/c1-5-32-23(29)7-9-26-21(27)14-18(15-22(26)28)13-20(34-10-8-24(30)33-6-2)19-12-16(3)11-17(4)25(19)31;1-14-9-15(2)23(29)17(10-14)18(32-8-6-22(28)31-4)11-16-12-19(25)24(20(26)13-16)7-5-21(27)30-3;1-4-27-19(25)5-6-21-17(23)10-14(11-18(21)24)9-16(22)15-8-12(2)7-13(3)20(15)26;1-11-6-12(2)19(25)14(7-11)15(21)8-13-9-16(22)20(17(23)10-13)5-4-18(24)26-3/h16-20H,5-15H2,1-4H3;14-18H,5-13H2,1-4H3;12-16,22H,4-11H2,1-3H3;11-15,21H,4-10H2,1-3H3/t16-,17?,19?,20+;14-,15?,17?,18+;12-,13?,15?,16+;11-,12?,14?,15+/m0000/s1. The number of ether oxygens (including phenoxy) is 8. The van der Waals surface area contributed by atoms with Crippen LogP contribution in [-0.4, -0.2) is 241 Å². The maximum atomic E-state index is 13.0. The Hall–Kier alpha value is -8.10. The number of Topliss-reactive ketones (excluding diaryl/α,β-unsaturated/α-hetero) is 4. The fourth-order valence-electron chi connectivity index (χ4n) is 18.4. The molecule has 8 aliphatic rings. The van der Waals surface area contributed by atoms with Crippen molar-refractivity contribution in [3.05, 3.63) is 0 Å². The number of carbonyl (C=O) groups is 18. The summed E-state index contributed by atoms with van der Waals surface area (Å²) in [5.74, 6) is -6.05. The van der Waals surface area contributed by atoms with Gasteiger partial charge in [0.25, 0.3) is 0 Å². The van der Waals surface area contributed by atoms with Crippen LogP contribution in [0.5, 0.6) is 0 Å². The zero-order valence-electron chi connectivity index (χ0n) is 72.6. The van der Waals surface area contributed by atoms with E-state index in [9.17, 15) is 96.5 Å². The normalized spacial score (nSPS) is 26.7. The molecule has 4 heterocycles. The van der Waals surface area contributed by atoms with Crippen molar-refractivity contribution >= 4 is 106 Å². The Balaban J connectivity index is 0.000000284. The molecule has 670 valence electrons. The first kappa shape index (κ1) is 101. The number of piperidine rings is 4. The second kappa shape index (κ2) is 50.3. The van der Waals surface area contributed by atoms with E-state index in [-0.39, 0.29) is 297 Å². The molecule has 4 saturated heterocycles. The van der Waals surface area contributed by atoms with Crippen LogP contribution < -0.4 is 0 Å². The van der Waals surface area contributed by atoms with E-state index in [1.807, 2.05) is 27.7 Å². The predicted molar refractivity (Wildman–Crippen MR) is 426 cm³/mol. The van der Waals surface area contributed by atoms with E-state index in [1.54, 1.807) is 20.8 Å². The molecule has 0 spiro atoms. The van der Waals surface area contributed by atoms with Gasteiger partial charge in [-0.2, -0.15) is 0 Å². The Bertz CT molecular complexity index is 3450. The molecule has 0 aromatic rings. The highest BCUT2D eigenvalue weighted by Crippen LogP contribution is 2.42. The average Bonchev–Trinajstić information content (AvgIpc) is 0.822. The molecule has 8 fully saturated rings. The lowest BCUT2D eigenvalue weighted by Gasteiger charge is -2.38. The minimum absolute atomic E-state index is 0.00621. The lowest BCUT2D eigenvalue weighted by Crippen LogP contribution is -2.46. The van der Waals surface area contributed by atoms with E-state index in [2.05, 4.69) is 41.9 Å². The van der Waals surface area contributed by atoms with E-state index in [0.29, 0.717) is 62.2 Å². The van der Waals surface area contributed by atoms with Gasteiger partial charge in [-0.15, -0.1) is 0 Å². The molecule has 0 bridgehead atoms. The third kappa shape index (κ3) is 32.3. The van der Waals surface area contributed by atoms with Gasteiger partial charge in [0, 0.05) is 125 Å². The topological polar surface area (TPSA) is 435 Å². The van der Waals surface area contributed by atoms with Crippen molar-refractivity contribution in [1.82, 2.24) is 19.6 Å². The van der Waals surface area contributed by atoms with Gasteiger partial charge in [0.2, 0.25) is 47.3 Å². The maximum Gasteiger partial charge on any atom is 0.308 e. The molecule has 8 unspecified atom stereocenters. The average molecular weight is 1680 g/mol. The monoisotopic (exact) mass is 1680 g/mol. The van der Waals surface area contributed by atoms with E-state index >= 15 is 0 Å². The smallest absolute Gasteiger partial charge is 0.308 e. The summed E-state index contributed by atoms with van der Waals surface area (Å²) in [7, 11) is 3.82. The number of likely N-dealkylation sites (tertiary alicyclic amines) is 4. The second-order valence-corrected chi connectivity index (χ2v) is 34.3. The van der Waals surface area contributed by atoms with Gasteiger partial charge in [0.1, 0.15) is 23.1 Å². The van der Waals surface area contributed by atoms with Crippen LogP contribution in [0.3, 0.4) is 0 Å². The molecule has 32 nitrogen and oxygen atoms in total.